The summed E-state index contributed by atoms with van der Waals surface area (Å²) in [6, 6.07) is 3.72. The van der Waals surface area contributed by atoms with E-state index in [4.69, 9.17) is 16.3 Å². The highest BCUT2D eigenvalue weighted by Crippen LogP contribution is 2.31. The number of aliphatic hydroxyl groups is 1. The Morgan fingerprint density at radius 1 is 1.53 bits per heavy atom. The summed E-state index contributed by atoms with van der Waals surface area (Å²) in [5.41, 5.74) is 0. The minimum atomic E-state index is -0.425. The molecule has 1 aliphatic rings. The van der Waals surface area contributed by atoms with E-state index in [0.717, 1.165) is 28.7 Å². The van der Waals surface area contributed by atoms with Gasteiger partial charge in [0.05, 0.1) is 16.5 Å². The SMILES string of the molecule is OC(CC1CCCCO1)c1ccc(Cl)s1. The van der Waals surface area contributed by atoms with Gasteiger partial charge >= 0.3 is 0 Å². The van der Waals surface area contributed by atoms with E-state index in [1.807, 2.05) is 12.1 Å². The van der Waals surface area contributed by atoms with Gasteiger partial charge in [0.2, 0.25) is 0 Å². The molecular weight excluding hydrogens is 232 g/mol. The lowest BCUT2D eigenvalue weighted by atomic mass is 10.0. The number of halogens is 1. The van der Waals surface area contributed by atoms with E-state index in [1.165, 1.54) is 17.8 Å². The standard InChI is InChI=1S/C11H15ClO2S/c12-11-5-4-10(15-11)9(13)7-8-3-1-2-6-14-8/h4-5,8-9,13H,1-3,6-7H2. The van der Waals surface area contributed by atoms with Gasteiger partial charge in [-0.15, -0.1) is 11.3 Å². The van der Waals surface area contributed by atoms with Gasteiger partial charge in [-0.2, -0.15) is 0 Å². The Hall–Kier alpha value is -0.0900. The maximum Gasteiger partial charge on any atom is 0.0932 e. The monoisotopic (exact) mass is 246 g/mol. The van der Waals surface area contributed by atoms with Crippen LogP contribution in [0.5, 0.6) is 0 Å². The number of hydrogen-bond acceptors (Lipinski definition) is 3. The van der Waals surface area contributed by atoms with Gasteiger partial charge in [0.15, 0.2) is 0 Å². The first-order valence-electron chi connectivity index (χ1n) is 5.30. The molecule has 1 aliphatic heterocycles. The Bertz CT molecular complexity index is 307. The van der Waals surface area contributed by atoms with Crippen molar-refractivity contribution in [3.05, 3.63) is 21.3 Å². The average Bonchev–Trinajstić information content (AvgIpc) is 2.66. The van der Waals surface area contributed by atoms with E-state index in [-0.39, 0.29) is 6.10 Å². The Morgan fingerprint density at radius 3 is 3.00 bits per heavy atom. The van der Waals surface area contributed by atoms with E-state index in [1.54, 1.807) is 0 Å². The van der Waals surface area contributed by atoms with Crippen LogP contribution in [0.25, 0.3) is 0 Å². The van der Waals surface area contributed by atoms with Crippen LogP contribution in [0.2, 0.25) is 4.34 Å². The van der Waals surface area contributed by atoms with Gasteiger partial charge in [0, 0.05) is 17.9 Å². The molecule has 2 unspecified atom stereocenters. The lowest BCUT2D eigenvalue weighted by molar-refractivity contribution is -0.0149. The van der Waals surface area contributed by atoms with Gasteiger partial charge in [-0.3, -0.25) is 0 Å². The predicted molar refractivity (Wildman–Crippen MR) is 62.5 cm³/mol. The zero-order valence-electron chi connectivity index (χ0n) is 8.49. The van der Waals surface area contributed by atoms with Crippen molar-refractivity contribution in [2.45, 2.75) is 37.9 Å². The van der Waals surface area contributed by atoms with Crippen molar-refractivity contribution in [2.24, 2.45) is 0 Å². The zero-order chi connectivity index (χ0) is 10.7. The van der Waals surface area contributed by atoms with E-state index >= 15 is 0 Å². The average molecular weight is 247 g/mol. The molecule has 0 spiro atoms. The van der Waals surface area contributed by atoms with Crippen LogP contribution in [0.4, 0.5) is 0 Å². The van der Waals surface area contributed by atoms with Crippen molar-refractivity contribution in [1.29, 1.82) is 0 Å². The highest BCUT2D eigenvalue weighted by molar-refractivity contribution is 7.16. The fourth-order valence-electron chi connectivity index (χ4n) is 1.87. The van der Waals surface area contributed by atoms with Gasteiger partial charge in [0.25, 0.3) is 0 Å². The first kappa shape index (κ1) is 11.4. The third-order valence-corrected chi connectivity index (χ3v) is 4.01. The summed E-state index contributed by atoms with van der Waals surface area (Å²) in [5, 5.41) is 9.96. The largest absolute Gasteiger partial charge is 0.387 e. The molecule has 0 aliphatic carbocycles. The first-order chi connectivity index (χ1) is 7.25. The van der Waals surface area contributed by atoms with E-state index in [9.17, 15) is 5.11 Å². The van der Waals surface area contributed by atoms with E-state index in [0.29, 0.717) is 6.42 Å². The summed E-state index contributed by atoms with van der Waals surface area (Å²) in [6.07, 6.45) is 3.91. The number of aliphatic hydroxyl groups excluding tert-OH is 1. The minimum absolute atomic E-state index is 0.217. The van der Waals surface area contributed by atoms with Crippen molar-refractivity contribution < 1.29 is 9.84 Å². The van der Waals surface area contributed by atoms with Crippen molar-refractivity contribution in [1.82, 2.24) is 0 Å². The summed E-state index contributed by atoms with van der Waals surface area (Å²) >= 11 is 7.27. The molecule has 0 bridgehead atoms. The Morgan fingerprint density at radius 2 is 2.40 bits per heavy atom. The van der Waals surface area contributed by atoms with Gasteiger partial charge in [0.1, 0.15) is 0 Å². The van der Waals surface area contributed by atoms with Crippen molar-refractivity contribution in [3.8, 4) is 0 Å². The fraction of sp³-hybridized carbons (Fsp3) is 0.636. The molecule has 2 heterocycles. The maximum absolute atomic E-state index is 9.96. The third-order valence-electron chi connectivity index (χ3n) is 2.68. The second-order valence-electron chi connectivity index (χ2n) is 3.88. The first-order valence-corrected chi connectivity index (χ1v) is 6.50. The van der Waals surface area contributed by atoms with Crippen LogP contribution in [-0.2, 0) is 4.74 Å². The maximum atomic E-state index is 9.96. The van der Waals surface area contributed by atoms with Gasteiger partial charge in [-0.1, -0.05) is 11.6 Å². The van der Waals surface area contributed by atoms with Crippen LogP contribution in [0.3, 0.4) is 0 Å². The molecule has 4 heteroatoms. The van der Waals surface area contributed by atoms with Crippen LogP contribution in [0, 0.1) is 0 Å². The highest BCUT2D eigenvalue weighted by atomic mass is 35.5. The van der Waals surface area contributed by atoms with E-state index < -0.39 is 6.10 Å². The third kappa shape index (κ3) is 3.18. The van der Waals surface area contributed by atoms with Crippen LogP contribution in [-0.4, -0.2) is 17.8 Å². The Kier molecular flexibility index (Phi) is 4.03. The van der Waals surface area contributed by atoms with E-state index in [2.05, 4.69) is 0 Å². The second kappa shape index (κ2) is 5.30. The summed E-state index contributed by atoms with van der Waals surface area (Å²) < 4.78 is 6.32. The molecule has 84 valence electrons. The van der Waals surface area contributed by atoms with Crippen LogP contribution >= 0.6 is 22.9 Å². The minimum Gasteiger partial charge on any atom is -0.387 e. The number of thiophene rings is 1. The lowest BCUT2D eigenvalue weighted by Gasteiger charge is -2.24. The molecule has 15 heavy (non-hydrogen) atoms. The molecule has 2 atom stereocenters. The second-order valence-corrected chi connectivity index (χ2v) is 5.63. The summed E-state index contributed by atoms with van der Waals surface area (Å²) in [6.45, 7) is 0.836. The van der Waals surface area contributed by atoms with Crippen LogP contribution < -0.4 is 0 Å². The molecule has 0 amide bonds. The summed E-state index contributed by atoms with van der Waals surface area (Å²) in [7, 11) is 0. The zero-order valence-corrected chi connectivity index (χ0v) is 10.1. The molecule has 1 fully saturated rings. The number of rotatable bonds is 3. The molecule has 1 saturated heterocycles. The normalized spacial score (nSPS) is 24.0. The molecule has 2 nitrogen and oxygen atoms in total. The van der Waals surface area contributed by atoms with Gasteiger partial charge in [-0.05, 0) is 31.4 Å². The molecule has 0 saturated carbocycles. The predicted octanol–water partition coefficient (Wildman–Crippen LogP) is 3.39. The highest BCUT2D eigenvalue weighted by Gasteiger charge is 2.20. The molecule has 2 rings (SSSR count). The quantitative estimate of drug-likeness (QED) is 0.886. The number of ether oxygens (including phenoxy) is 1. The smallest absolute Gasteiger partial charge is 0.0932 e. The van der Waals surface area contributed by atoms with Crippen molar-refractivity contribution >= 4 is 22.9 Å². The molecular formula is C11H15ClO2S. The summed E-state index contributed by atoms with van der Waals surface area (Å²) in [5.74, 6) is 0. The van der Waals surface area contributed by atoms with Crippen molar-refractivity contribution in [2.75, 3.05) is 6.61 Å². The molecule has 1 aromatic heterocycles. The lowest BCUT2D eigenvalue weighted by Crippen LogP contribution is -2.21. The molecule has 1 N–H and O–H groups in total. The topological polar surface area (TPSA) is 29.5 Å². The molecule has 0 radical (unpaired) electrons. The van der Waals surface area contributed by atoms with Crippen LogP contribution in [0.1, 0.15) is 36.7 Å². The Balaban J connectivity index is 1.88. The van der Waals surface area contributed by atoms with Gasteiger partial charge < -0.3 is 9.84 Å². The molecule has 1 aromatic rings. The van der Waals surface area contributed by atoms with Gasteiger partial charge in [-0.25, -0.2) is 0 Å². The van der Waals surface area contributed by atoms with Crippen molar-refractivity contribution in [3.63, 3.8) is 0 Å². The Labute approximate surface area is 98.8 Å². The fourth-order valence-corrected chi connectivity index (χ4v) is 2.93. The summed E-state index contributed by atoms with van der Waals surface area (Å²) in [4.78, 5) is 0.939. The van der Waals surface area contributed by atoms with Crippen LogP contribution in [0.15, 0.2) is 12.1 Å². The molecule has 0 aromatic carbocycles. The number of hydrogen-bond donors (Lipinski definition) is 1.